The fourth-order valence-corrected chi connectivity index (χ4v) is 3.00. The minimum absolute atomic E-state index is 0.00944. The number of nitrogens with zero attached hydrogens (tertiary/aromatic N) is 3. The third-order valence-corrected chi connectivity index (χ3v) is 4.14. The van der Waals surface area contributed by atoms with Crippen molar-refractivity contribution >= 4 is 11.7 Å². The SMILES string of the molecule is C[C@H](Cc1ccco1)NC(=O)[C@H]1CCCN(c2cnccn2)C1. The Morgan fingerprint density at radius 1 is 1.52 bits per heavy atom. The van der Waals surface area contributed by atoms with E-state index in [4.69, 9.17) is 4.42 Å². The van der Waals surface area contributed by atoms with Crippen LogP contribution in [0.4, 0.5) is 5.82 Å². The summed E-state index contributed by atoms with van der Waals surface area (Å²) in [4.78, 5) is 23.1. The summed E-state index contributed by atoms with van der Waals surface area (Å²) in [6.07, 6.45) is 9.36. The summed E-state index contributed by atoms with van der Waals surface area (Å²) in [5.41, 5.74) is 0. The number of amides is 1. The van der Waals surface area contributed by atoms with Crippen LogP contribution in [-0.4, -0.2) is 35.0 Å². The smallest absolute Gasteiger partial charge is 0.225 e. The Bertz CT molecular complexity index is 615. The molecule has 1 saturated heterocycles. The van der Waals surface area contributed by atoms with Crippen molar-refractivity contribution in [3.8, 4) is 0 Å². The van der Waals surface area contributed by atoms with Crippen LogP contribution >= 0.6 is 0 Å². The van der Waals surface area contributed by atoms with Gasteiger partial charge in [-0.15, -0.1) is 0 Å². The van der Waals surface area contributed by atoms with Gasteiger partial charge in [0.15, 0.2) is 0 Å². The van der Waals surface area contributed by atoms with Gasteiger partial charge in [0.2, 0.25) is 5.91 Å². The molecule has 0 aromatic carbocycles. The molecule has 1 aliphatic rings. The molecule has 0 bridgehead atoms. The van der Waals surface area contributed by atoms with Crippen molar-refractivity contribution in [2.24, 2.45) is 5.92 Å². The van der Waals surface area contributed by atoms with Gasteiger partial charge in [0, 0.05) is 37.9 Å². The number of carbonyl (C=O) groups excluding carboxylic acids is 1. The molecule has 3 heterocycles. The molecule has 0 saturated carbocycles. The molecular weight excluding hydrogens is 292 g/mol. The van der Waals surface area contributed by atoms with Gasteiger partial charge < -0.3 is 14.6 Å². The molecule has 3 rings (SSSR count). The molecule has 1 N–H and O–H groups in total. The average Bonchev–Trinajstić information content (AvgIpc) is 3.08. The lowest BCUT2D eigenvalue weighted by atomic mass is 9.96. The summed E-state index contributed by atoms with van der Waals surface area (Å²) < 4.78 is 5.33. The molecule has 1 aliphatic heterocycles. The quantitative estimate of drug-likeness (QED) is 0.914. The number of hydrogen-bond donors (Lipinski definition) is 1. The monoisotopic (exact) mass is 314 g/mol. The topological polar surface area (TPSA) is 71.3 Å². The molecule has 0 spiro atoms. The Labute approximate surface area is 135 Å². The zero-order chi connectivity index (χ0) is 16.1. The Morgan fingerprint density at radius 2 is 2.43 bits per heavy atom. The number of carbonyl (C=O) groups is 1. The van der Waals surface area contributed by atoms with Crippen LogP contribution < -0.4 is 10.2 Å². The number of piperidine rings is 1. The summed E-state index contributed by atoms with van der Waals surface area (Å²) in [6, 6.07) is 3.85. The fraction of sp³-hybridized carbons (Fsp3) is 0.471. The van der Waals surface area contributed by atoms with Gasteiger partial charge in [-0.05, 0) is 31.9 Å². The highest BCUT2D eigenvalue weighted by molar-refractivity contribution is 5.79. The van der Waals surface area contributed by atoms with Crippen LogP contribution in [0.15, 0.2) is 41.4 Å². The molecule has 0 aliphatic carbocycles. The number of nitrogens with one attached hydrogen (secondary N) is 1. The number of rotatable bonds is 5. The van der Waals surface area contributed by atoms with E-state index < -0.39 is 0 Å². The minimum atomic E-state index is -0.00944. The highest BCUT2D eigenvalue weighted by Gasteiger charge is 2.27. The maximum absolute atomic E-state index is 12.5. The van der Waals surface area contributed by atoms with Crippen LogP contribution in [0, 0.1) is 5.92 Å². The van der Waals surface area contributed by atoms with Crippen molar-refractivity contribution in [1.82, 2.24) is 15.3 Å². The van der Waals surface area contributed by atoms with Gasteiger partial charge in [-0.25, -0.2) is 4.98 Å². The molecular formula is C17H22N4O2. The molecule has 2 aromatic heterocycles. The van der Waals surface area contributed by atoms with Gasteiger partial charge in [0.1, 0.15) is 11.6 Å². The Hall–Kier alpha value is -2.37. The number of aromatic nitrogens is 2. The van der Waals surface area contributed by atoms with E-state index >= 15 is 0 Å². The van der Waals surface area contributed by atoms with Crippen molar-refractivity contribution in [2.75, 3.05) is 18.0 Å². The standard InChI is InChI=1S/C17H22N4O2/c1-13(10-15-5-3-9-23-15)20-17(22)14-4-2-8-21(12-14)16-11-18-6-7-19-16/h3,5-7,9,11,13-14H,2,4,8,10,12H2,1H3,(H,20,22)/t13-,14+/m1/s1. The molecule has 2 atom stereocenters. The van der Waals surface area contributed by atoms with E-state index in [1.807, 2.05) is 19.1 Å². The van der Waals surface area contributed by atoms with E-state index in [1.165, 1.54) is 0 Å². The summed E-state index contributed by atoms with van der Waals surface area (Å²) in [5.74, 6) is 1.83. The molecule has 1 fully saturated rings. The van der Waals surface area contributed by atoms with Gasteiger partial charge in [0.05, 0.1) is 18.4 Å². The lowest BCUT2D eigenvalue weighted by Gasteiger charge is -2.33. The van der Waals surface area contributed by atoms with E-state index in [2.05, 4.69) is 20.2 Å². The van der Waals surface area contributed by atoms with Crippen LogP contribution in [0.1, 0.15) is 25.5 Å². The minimum Gasteiger partial charge on any atom is -0.469 e. The van der Waals surface area contributed by atoms with Gasteiger partial charge in [0.25, 0.3) is 0 Å². The summed E-state index contributed by atoms with van der Waals surface area (Å²) >= 11 is 0. The Morgan fingerprint density at radius 3 is 3.17 bits per heavy atom. The second-order valence-corrected chi connectivity index (χ2v) is 6.04. The molecule has 23 heavy (non-hydrogen) atoms. The van der Waals surface area contributed by atoms with E-state index in [-0.39, 0.29) is 17.9 Å². The lowest BCUT2D eigenvalue weighted by molar-refractivity contribution is -0.125. The summed E-state index contributed by atoms with van der Waals surface area (Å²) in [5, 5.41) is 3.10. The highest BCUT2D eigenvalue weighted by Crippen LogP contribution is 2.21. The van der Waals surface area contributed by atoms with Crippen molar-refractivity contribution < 1.29 is 9.21 Å². The molecule has 122 valence electrons. The molecule has 0 unspecified atom stereocenters. The molecule has 6 heteroatoms. The first-order chi connectivity index (χ1) is 11.2. The third-order valence-electron chi connectivity index (χ3n) is 4.14. The van der Waals surface area contributed by atoms with Crippen molar-refractivity contribution in [2.45, 2.75) is 32.2 Å². The van der Waals surface area contributed by atoms with Crippen LogP contribution in [0.25, 0.3) is 0 Å². The van der Waals surface area contributed by atoms with Crippen molar-refractivity contribution in [3.63, 3.8) is 0 Å². The van der Waals surface area contributed by atoms with Crippen molar-refractivity contribution in [1.29, 1.82) is 0 Å². The molecule has 0 radical (unpaired) electrons. The fourth-order valence-electron chi connectivity index (χ4n) is 3.00. The Kier molecular flexibility index (Phi) is 4.90. The second-order valence-electron chi connectivity index (χ2n) is 6.04. The predicted octanol–water partition coefficient (Wildman–Crippen LogP) is 2.03. The van der Waals surface area contributed by atoms with E-state index in [9.17, 15) is 4.79 Å². The van der Waals surface area contributed by atoms with Gasteiger partial charge in [-0.3, -0.25) is 9.78 Å². The van der Waals surface area contributed by atoms with E-state index in [1.54, 1.807) is 24.9 Å². The van der Waals surface area contributed by atoms with E-state index in [0.29, 0.717) is 13.0 Å². The second kappa shape index (κ2) is 7.26. The van der Waals surface area contributed by atoms with Gasteiger partial charge in [-0.2, -0.15) is 0 Å². The third kappa shape index (κ3) is 4.09. The zero-order valence-corrected chi connectivity index (χ0v) is 13.3. The molecule has 6 nitrogen and oxygen atoms in total. The van der Waals surface area contributed by atoms with E-state index in [0.717, 1.165) is 31.0 Å². The highest BCUT2D eigenvalue weighted by atomic mass is 16.3. The Balaban J connectivity index is 1.54. The summed E-state index contributed by atoms with van der Waals surface area (Å²) in [6.45, 7) is 3.62. The van der Waals surface area contributed by atoms with Crippen LogP contribution in [0.5, 0.6) is 0 Å². The number of anilines is 1. The number of furan rings is 1. The zero-order valence-electron chi connectivity index (χ0n) is 13.3. The average molecular weight is 314 g/mol. The normalized spacial score (nSPS) is 19.3. The molecule has 2 aromatic rings. The first kappa shape index (κ1) is 15.5. The van der Waals surface area contributed by atoms with Crippen LogP contribution in [0.2, 0.25) is 0 Å². The molecule has 1 amide bonds. The van der Waals surface area contributed by atoms with Gasteiger partial charge >= 0.3 is 0 Å². The predicted molar refractivity (Wildman–Crippen MR) is 87.0 cm³/mol. The van der Waals surface area contributed by atoms with Crippen molar-refractivity contribution in [3.05, 3.63) is 42.7 Å². The maximum atomic E-state index is 12.5. The largest absolute Gasteiger partial charge is 0.469 e. The van der Waals surface area contributed by atoms with Crippen LogP contribution in [0.3, 0.4) is 0 Å². The number of hydrogen-bond acceptors (Lipinski definition) is 5. The maximum Gasteiger partial charge on any atom is 0.225 e. The van der Waals surface area contributed by atoms with Gasteiger partial charge in [-0.1, -0.05) is 0 Å². The van der Waals surface area contributed by atoms with Crippen LogP contribution in [-0.2, 0) is 11.2 Å². The first-order valence-electron chi connectivity index (χ1n) is 8.06. The first-order valence-corrected chi connectivity index (χ1v) is 8.06. The summed E-state index contributed by atoms with van der Waals surface area (Å²) in [7, 11) is 0. The lowest BCUT2D eigenvalue weighted by Crippen LogP contribution is -2.46.